The highest BCUT2D eigenvalue weighted by Gasteiger charge is 2.16. The Morgan fingerprint density at radius 2 is 1.92 bits per heavy atom. The number of carbonyl (C=O) groups excluding carboxylic acids is 1. The summed E-state index contributed by atoms with van der Waals surface area (Å²) in [6.45, 7) is 7.06. The first-order valence-electron chi connectivity index (χ1n) is 8.83. The Hall–Kier alpha value is -2.95. The predicted molar refractivity (Wildman–Crippen MR) is 105 cm³/mol. The Morgan fingerprint density at radius 1 is 1.15 bits per heavy atom. The minimum absolute atomic E-state index is 0.0470. The standard InChI is InChI=1S/C21H23N3O2/c1-4-23(19-13-15(2)9-10-16(19)3)21(26)11-12-24-18-8-6-5-7-17(18)20(25)14-22-24/h5-10,13-14H,4,11-12H2,1-3H3. The minimum atomic E-state index is -0.103. The van der Waals surface area contributed by atoms with Gasteiger partial charge in [-0.15, -0.1) is 0 Å². The van der Waals surface area contributed by atoms with Gasteiger partial charge < -0.3 is 4.90 Å². The van der Waals surface area contributed by atoms with E-state index in [1.807, 2.05) is 62.1 Å². The third-order valence-electron chi connectivity index (χ3n) is 4.57. The van der Waals surface area contributed by atoms with Crippen molar-refractivity contribution in [2.45, 2.75) is 33.7 Å². The molecular weight excluding hydrogens is 326 g/mol. The van der Waals surface area contributed by atoms with Crippen LogP contribution >= 0.6 is 0 Å². The maximum atomic E-state index is 12.8. The van der Waals surface area contributed by atoms with E-state index in [0.29, 0.717) is 24.9 Å². The maximum Gasteiger partial charge on any atom is 0.228 e. The molecule has 1 aromatic heterocycles. The molecular formula is C21H23N3O2. The molecule has 3 aromatic rings. The average molecular weight is 349 g/mol. The van der Waals surface area contributed by atoms with E-state index in [1.165, 1.54) is 6.20 Å². The molecule has 0 fully saturated rings. The van der Waals surface area contributed by atoms with E-state index in [1.54, 1.807) is 10.7 Å². The second-order valence-corrected chi connectivity index (χ2v) is 6.43. The van der Waals surface area contributed by atoms with Crippen molar-refractivity contribution in [2.24, 2.45) is 0 Å². The summed E-state index contributed by atoms with van der Waals surface area (Å²) >= 11 is 0. The molecule has 0 saturated heterocycles. The lowest BCUT2D eigenvalue weighted by Gasteiger charge is -2.24. The molecule has 0 N–H and O–H groups in total. The number of anilines is 1. The first-order chi connectivity index (χ1) is 12.5. The van der Waals surface area contributed by atoms with Crippen molar-refractivity contribution in [3.63, 3.8) is 0 Å². The quantitative estimate of drug-likeness (QED) is 0.709. The maximum absolute atomic E-state index is 12.8. The molecule has 0 spiro atoms. The van der Waals surface area contributed by atoms with Crippen molar-refractivity contribution in [3.05, 3.63) is 70.0 Å². The van der Waals surface area contributed by atoms with Gasteiger partial charge in [0.05, 0.1) is 18.3 Å². The van der Waals surface area contributed by atoms with Crippen LogP contribution in [0, 0.1) is 13.8 Å². The van der Waals surface area contributed by atoms with Gasteiger partial charge in [0.1, 0.15) is 0 Å². The van der Waals surface area contributed by atoms with Crippen LogP contribution in [0.25, 0.3) is 10.9 Å². The molecule has 0 atom stereocenters. The Labute approximate surface area is 152 Å². The number of aromatic nitrogens is 2. The van der Waals surface area contributed by atoms with E-state index in [9.17, 15) is 9.59 Å². The van der Waals surface area contributed by atoms with E-state index in [4.69, 9.17) is 0 Å². The predicted octanol–water partition coefficient (Wildman–Crippen LogP) is 3.46. The third-order valence-corrected chi connectivity index (χ3v) is 4.57. The lowest BCUT2D eigenvalue weighted by atomic mass is 10.1. The van der Waals surface area contributed by atoms with Crippen LogP contribution in [-0.2, 0) is 11.3 Å². The van der Waals surface area contributed by atoms with Crippen LogP contribution in [0.5, 0.6) is 0 Å². The van der Waals surface area contributed by atoms with Crippen LogP contribution in [-0.4, -0.2) is 22.2 Å². The third kappa shape index (κ3) is 3.52. The molecule has 0 saturated carbocycles. The fourth-order valence-corrected chi connectivity index (χ4v) is 3.17. The molecule has 0 aliphatic rings. The highest BCUT2D eigenvalue weighted by Crippen LogP contribution is 2.22. The summed E-state index contributed by atoms with van der Waals surface area (Å²) in [7, 11) is 0. The number of para-hydroxylation sites is 1. The van der Waals surface area contributed by atoms with E-state index >= 15 is 0 Å². The number of hydrogen-bond donors (Lipinski definition) is 0. The molecule has 5 nitrogen and oxygen atoms in total. The number of rotatable bonds is 5. The number of fused-ring (bicyclic) bond motifs is 1. The fourth-order valence-electron chi connectivity index (χ4n) is 3.17. The largest absolute Gasteiger partial charge is 0.312 e. The average Bonchev–Trinajstić information content (AvgIpc) is 2.65. The van der Waals surface area contributed by atoms with Crippen molar-refractivity contribution >= 4 is 22.5 Å². The van der Waals surface area contributed by atoms with Gasteiger partial charge in [0.25, 0.3) is 0 Å². The van der Waals surface area contributed by atoms with E-state index < -0.39 is 0 Å². The van der Waals surface area contributed by atoms with Gasteiger partial charge in [-0.25, -0.2) is 0 Å². The van der Waals surface area contributed by atoms with Gasteiger partial charge in [-0.1, -0.05) is 24.3 Å². The molecule has 0 aliphatic heterocycles. The molecule has 26 heavy (non-hydrogen) atoms. The Bertz CT molecular complexity index is 1010. The van der Waals surface area contributed by atoms with Gasteiger partial charge in [-0.05, 0) is 50.1 Å². The Kier molecular flexibility index (Phi) is 5.16. The second kappa shape index (κ2) is 7.52. The number of carbonyl (C=O) groups is 1. The second-order valence-electron chi connectivity index (χ2n) is 6.43. The number of amides is 1. The molecule has 3 rings (SSSR count). The van der Waals surface area contributed by atoms with Crippen molar-refractivity contribution in [3.8, 4) is 0 Å². The van der Waals surface area contributed by atoms with Gasteiger partial charge in [0, 0.05) is 24.0 Å². The normalized spacial score (nSPS) is 10.9. The highest BCUT2D eigenvalue weighted by atomic mass is 16.2. The molecule has 2 aromatic carbocycles. The van der Waals surface area contributed by atoms with Gasteiger partial charge in [0.2, 0.25) is 11.3 Å². The first-order valence-corrected chi connectivity index (χ1v) is 8.83. The smallest absolute Gasteiger partial charge is 0.228 e. The number of hydrogen-bond acceptors (Lipinski definition) is 3. The van der Waals surface area contributed by atoms with Crippen molar-refractivity contribution in [1.82, 2.24) is 9.78 Å². The lowest BCUT2D eigenvalue weighted by molar-refractivity contribution is -0.118. The molecule has 0 unspecified atom stereocenters. The van der Waals surface area contributed by atoms with E-state index in [-0.39, 0.29) is 11.3 Å². The van der Waals surface area contributed by atoms with E-state index in [2.05, 4.69) is 5.10 Å². The SMILES string of the molecule is CCN(C(=O)CCn1ncc(=O)c2ccccc21)c1cc(C)ccc1C. The van der Waals surface area contributed by atoms with Crippen molar-refractivity contribution in [1.29, 1.82) is 0 Å². The summed E-state index contributed by atoms with van der Waals surface area (Å²) in [5, 5.41) is 4.82. The van der Waals surface area contributed by atoms with Gasteiger partial charge in [-0.3, -0.25) is 14.3 Å². The van der Waals surface area contributed by atoms with Crippen molar-refractivity contribution < 1.29 is 4.79 Å². The molecule has 5 heteroatoms. The molecule has 1 amide bonds. The van der Waals surface area contributed by atoms with Gasteiger partial charge in [-0.2, -0.15) is 5.10 Å². The number of aryl methyl sites for hydroxylation is 3. The summed E-state index contributed by atoms with van der Waals surface area (Å²) in [6, 6.07) is 13.5. The van der Waals surface area contributed by atoms with Crippen LogP contribution in [0.2, 0.25) is 0 Å². The van der Waals surface area contributed by atoms with Gasteiger partial charge in [0.15, 0.2) is 0 Å². The van der Waals surface area contributed by atoms with E-state index in [0.717, 1.165) is 22.3 Å². The summed E-state index contributed by atoms with van der Waals surface area (Å²) in [5.74, 6) is 0.0470. The Balaban J connectivity index is 1.83. The number of nitrogens with zero attached hydrogens (tertiary/aromatic N) is 3. The fraction of sp³-hybridized carbons (Fsp3) is 0.286. The highest BCUT2D eigenvalue weighted by molar-refractivity contribution is 5.94. The number of benzene rings is 2. The van der Waals surface area contributed by atoms with Crippen molar-refractivity contribution in [2.75, 3.05) is 11.4 Å². The molecule has 134 valence electrons. The zero-order valence-corrected chi connectivity index (χ0v) is 15.4. The first kappa shape index (κ1) is 17.9. The van der Waals surface area contributed by atoms with Gasteiger partial charge >= 0.3 is 0 Å². The van der Waals surface area contributed by atoms with Crippen LogP contribution in [0.4, 0.5) is 5.69 Å². The van der Waals surface area contributed by atoms with Crippen LogP contribution in [0.15, 0.2) is 53.5 Å². The molecule has 0 bridgehead atoms. The van der Waals surface area contributed by atoms with Crippen LogP contribution in [0.3, 0.4) is 0 Å². The lowest BCUT2D eigenvalue weighted by Crippen LogP contribution is -2.32. The zero-order chi connectivity index (χ0) is 18.7. The van der Waals surface area contributed by atoms with Crippen LogP contribution in [0.1, 0.15) is 24.5 Å². The summed E-state index contributed by atoms with van der Waals surface area (Å²) in [6.07, 6.45) is 1.64. The molecule has 0 radical (unpaired) electrons. The summed E-state index contributed by atoms with van der Waals surface area (Å²) in [4.78, 5) is 26.6. The molecule has 0 aliphatic carbocycles. The topological polar surface area (TPSA) is 55.2 Å². The minimum Gasteiger partial charge on any atom is -0.312 e. The molecule has 1 heterocycles. The summed E-state index contributed by atoms with van der Waals surface area (Å²) < 4.78 is 1.73. The Morgan fingerprint density at radius 3 is 2.69 bits per heavy atom. The summed E-state index contributed by atoms with van der Waals surface area (Å²) in [5.41, 5.74) is 3.81. The zero-order valence-electron chi connectivity index (χ0n) is 15.4. The van der Waals surface area contributed by atoms with Crippen LogP contribution < -0.4 is 10.3 Å². The monoisotopic (exact) mass is 349 g/mol.